The molecule has 0 saturated carbocycles. The van der Waals surface area contributed by atoms with Crippen LogP contribution >= 0.6 is 15.9 Å². The fraction of sp³-hybridized carbons (Fsp3) is 0.318. The summed E-state index contributed by atoms with van der Waals surface area (Å²) < 4.78 is 21.2. The molecular formula is C22H24BrNO7. The lowest BCUT2D eigenvalue weighted by Gasteiger charge is -2.13. The molecule has 0 spiro atoms. The van der Waals surface area contributed by atoms with Gasteiger partial charge in [0.15, 0.2) is 18.1 Å². The lowest BCUT2D eigenvalue weighted by Crippen LogP contribution is -2.28. The molecule has 0 aliphatic heterocycles. The zero-order valence-electron chi connectivity index (χ0n) is 17.5. The topological polar surface area (TPSA) is 100 Å². The highest BCUT2D eigenvalue weighted by atomic mass is 79.9. The molecule has 9 heteroatoms. The van der Waals surface area contributed by atoms with Crippen molar-refractivity contribution >= 4 is 33.8 Å². The minimum absolute atomic E-state index is 0.221. The lowest BCUT2D eigenvalue weighted by atomic mass is 10.1. The molecule has 31 heavy (non-hydrogen) atoms. The van der Waals surface area contributed by atoms with E-state index in [-0.39, 0.29) is 12.1 Å². The van der Waals surface area contributed by atoms with Gasteiger partial charge in [-0.05, 0) is 52.2 Å². The third-order valence-corrected chi connectivity index (χ3v) is 4.70. The highest BCUT2D eigenvalue weighted by Crippen LogP contribution is 2.37. The Morgan fingerprint density at radius 3 is 2.32 bits per heavy atom. The van der Waals surface area contributed by atoms with Crippen LogP contribution in [0.4, 0.5) is 0 Å². The number of carbonyl (C=O) groups is 3. The number of benzene rings is 2. The van der Waals surface area contributed by atoms with Crippen LogP contribution in [0.1, 0.15) is 39.6 Å². The second-order valence-corrected chi connectivity index (χ2v) is 7.23. The van der Waals surface area contributed by atoms with E-state index in [1.165, 1.54) is 20.3 Å². The summed E-state index contributed by atoms with van der Waals surface area (Å²) in [7, 11) is 2.78. The lowest BCUT2D eigenvalue weighted by molar-refractivity contribution is -0.124. The SMILES string of the molecule is CCCOc1c(Br)cc(C(=O)OCC(=O)NCc2ccc(C(=O)OC)cc2)cc1OC. The van der Waals surface area contributed by atoms with Gasteiger partial charge >= 0.3 is 11.9 Å². The molecule has 0 aliphatic rings. The zero-order chi connectivity index (χ0) is 22.8. The number of hydrogen-bond acceptors (Lipinski definition) is 7. The number of esters is 2. The maximum Gasteiger partial charge on any atom is 0.338 e. The van der Waals surface area contributed by atoms with E-state index in [0.29, 0.717) is 28.1 Å². The first-order chi connectivity index (χ1) is 14.9. The van der Waals surface area contributed by atoms with Crippen LogP contribution in [0.25, 0.3) is 0 Å². The number of carbonyl (C=O) groups excluding carboxylic acids is 3. The van der Waals surface area contributed by atoms with Gasteiger partial charge in [-0.15, -0.1) is 0 Å². The van der Waals surface area contributed by atoms with Crippen LogP contribution in [0.15, 0.2) is 40.9 Å². The molecule has 2 aromatic rings. The van der Waals surface area contributed by atoms with Gasteiger partial charge in [0.1, 0.15) is 0 Å². The van der Waals surface area contributed by atoms with Crippen molar-refractivity contribution in [1.29, 1.82) is 0 Å². The van der Waals surface area contributed by atoms with Gasteiger partial charge in [0.2, 0.25) is 0 Å². The molecule has 0 aliphatic carbocycles. The molecular weight excluding hydrogens is 470 g/mol. The summed E-state index contributed by atoms with van der Waals surface area (Å²) in [6, 6.07) is 9.66. The normalized spacial score (nSPS) is 10.2. The number of methoxy groups -OCH3 is 2. The van der Waals surface area contributed by atoms with Crippen molar-refractivity contribution in [2.75, 3.05) is 27.4 Å². The van der Waals surface area contributed by atoms with E-state index < -0.39 is 24.5 Å². The summed E-state index contributed by atoms with van der Waals surface area (Å²) in [5.74, 6) is -0.680. The quantitative estimate of drug-likeness (QED) is 0.505. The van der Waals surface area contributed by atoms with Gasteiger partial charge in [-0.1, -0.05) is 19.1 Å². The zero-order valence-corrected chi connectivity index (χ0v) is 19.1. The van der Waals surface area contributed by atoms with E-state index in [4.69, 9.17) is 14.2 Å². The monoisotopic (exact) mass is 493 g/mol. The second-order valence-electron chi connectivity index (χ2n) is 6.38. The van der Waals surface area contributed by atoms with E-state index >= 15 is 0 Å². The predicted molar refractivity (Wildman–Crippen MR) is 116 cm³/mol. The highest BCUT2D eigenvalue weighted by Gasteiger charge is 2.17. The minimum atomic E-state index is -0.668. The molecule has 8 nitrogen and oxygen atoms in total. The van der Waals surface area contributed by atoms with E-state index in [1.807, 2.05) is 6.92 Å². The Labute approximate surface area is 188 Å². The molecule has 0 heterocycles. The average molecular weight is 494 g/mol. The van der Waals surface area contributed by atoms with Crippen LogP contribution in [0.3, 0.4) is 0 Å². The van der Waals surface area contributed by atoms with Crippen molar-refractivity contribution in [2.45, 2.75) is 19.9 Å². The molecule has 0 fully saturated rings. The molecule has 2 aromatic carbocycles. The van der Waals surface area contributed by atoms with Crippen LogP contribution in [0.5, 0.6) is 11.5 Å². The number of rotatable bonds is 10. The molecule has 1 amide bonds. The van der Waals surface area contributed by atoms with Crippen molar-refractivity contribution in [3.05, 3.63) is 57.6 Å². The van der Waals surface area contributed by atoms with Crippen LogP contribution in [0.2, 0.25) is 0 Å². The van der Waals surface area contributed by atoms with Crippen molar-refractivity contribution < 1.29 is 33.3 Å². The Morgan fingerprint density at radius 1 is 1.00 bits per heavy atom. The Balaban J connectivity index is 1.89. The summed E-state index contributed by atoms with van der Waals surface area (Å²) in [5.41, 5.74) is 1.42. The van der Waals surface area contributed by atoms with Crippen molar-refractivity contribution in [2.24, 2.45) is 0 Å². The first-order valence-electron chi connectivity index (χ1n) is 9.51. The van der Waals surface area contributed by atoms with E-state index in [9.17, 15) is 14.4 Å². The third kappa shape index (κ3) is 6.99. The van der Waals surface area contributed by atoms with Crippen LogP contribution in [-0.2, 0) is 20.8 Å². The van der Waals surface area contributed by atoms with Crippen molar-refractivity contribution in [3.63, 3.8) is 0 Å². The number of halogens is 1. The van der Waals surface area contributed by atoms with E-state index in [2.05, 4.69) is 26.0 Å². The summed E-state index contributed by atoms with van der Waals surface area (Å²) in [5, 5.41) is 2.65. The molecule has 0 aromatic heterocycles. The second kappa shape index (κ2) is 11.9. The number of hydrogen-bond donors (Lipinski definition) is 1. The van der Waals surface area contributed by atoms with Crippen molar-refractivity contribution in [1.82, 2.24) is 5.32 Å². The van der Waals surface area contributed by atoms with E-state index in [0.717, 1.165) is 12.0 Å². The molecule has 0 radical (unpaired) electrons. The summed E-state index contributed by atoms with van der Waals surface area (Å²) >= 11 is 3.37. The molecule has 0 bridgehead atoms. The third-order valence-electron chi connectivity index (χ3n) is 4.11. The Bertz CT molecular complexity index is 928. The predicted octanol–water partition coefficient (Wildman–Crippen LogP) is 3.51. The van der Waals surface area contributed by atoms with Gasteiger partial charge in [-0.2, -0.15) is 0 Å². The van der Waals surface area contributed by atoms with Crippen molar-refractivity contribution in [3.8, 4) is 11.5 Å². The highest BCUT2D eigenvalue weighted by molar-refractivity contribution is 9.10. The number of ether oxygens (including phenoxy) is 4. The first-order valence-corrected chi connectivity index (χ1v) is 10.3. The molecule has 1 N–H and O–H groups in total. The molecule has 0 atom stereocenters. The van der Waals surface area contributed by atoms with Gasteiger partial charge in [-0.25, -0.2) is 9.59 Å². The fourth-order valence-corrected chi connectivity index (χ4v) is 3.08. The standard InChI is InChI=1S/C22H24BrNO7/c1-4-9-30-20-17(23)10-16(11-18(20)28-2)22(27)31-13-19(25)24-12-14-5-7-15(8-6-14)21(26)29-3/h5-8,10-11H,4,9,12-13H2,1-3H3,(H,24,25). The Kier molecular flexibility index (Phi) is 9.33. The summed E-state index contributed by atoms with van der Waals surface area (Å²) in [6.45, 7) is 2.27. The Hall–Kier alpha value is -3.07. The summed E-state index contributed by atoms with van der Waals surface area (Å²) in [6.07, 6.45) is 0.823. The maximum absolute atomic E-state index is 12.3. The van der Waals surface area contributed by atoms with Gasteiger partial charge < -0.3 is 24.3 Å². The van der Waals surface area contributed by atoms with Crippen LogP contribution in [0, 0.1) is 0 Å². The van der Waals surface area contributed by atoms with Crippen LogP contribution in [-0.4, -0.2) is 45.3 Å². The smallest absolute Gasteiger partial charge is 0.338 e. The molecule has 0 unspecified atom stereocenters. The van der Waals surface area contributed by atoms with Gasteiger partial charge in [0.05, 0.1) is 36.4 Å². The Morgan fingerprint density at radius 2 is 1.71 bits per heavy atom. The summed E-state index contributed by atoms with van der Waals surface area (Å²) in [4.78, 5) is 35.8. The fourth-order valence-electron chi connectivity index (χ4n) is 2.52. The molecule has 166 valence electrons. The maximum atomic E-state index is 12.3. The number of nitrogens with one attached hydrogen (secondary N) is 1. The van der Waals surface area contributed by atoms with Gasteiger partial charge in [0, 0.05) is 6.54 Å². The van der Waals surface area contributed by atoms with E-state index in [1.54, 1.807) is 30.3 Å². The van der Waals surface area contributed by atoms with Gasteiger partial charge in [0.25, 0.3) is 5.91 Å². The van der Waals surface area contributed by atoms with Crippen LogP contribution < -0.4 is 14.8 Å². The molecule has 2 rings (SSSR count). The van der Waals surface area contributed by atoms with Gasteiger partial charge in [-0.3, -0.25) is 4.79 Å². The minimum Gasteiger partial charge on any atom is -0.493 e. The largest absolute Gasteiger partial charge is 0.493 e. The first kappa shape index (κ1) is 24.2. The number of amides is 1. The molecule has 0 saturated heterocycles. The average Bonchev–Trinajstić information content (AvgIpc) is 2.79.